The first kappa shape index (κ1) is 10.3. The summed E-state index contributed by atoms with van der Waals surface area (Å²) in [5.41, 5.74) is 1.22. The van der Waals surface area contributed by atoms with Crippen molar-refractivity contribution >= 4 is 0 Å². The zero-order valence-corrected chi connectivity index (χ0v) is 8.39. The van der Waals surface area contributed by atoms with Gasteiger partial charge in [-0.15, -0.1) is 0 Å². The molecule has 0 amide bonds. The van der Waals surface area contributed by atoms with Gasteiger partial charge in [0.15, 0.2) is 0 Å². The zero-order chi connectivity index (χ0) is 9.52. The van der Waals surface area contributed by atoms with Crippen molar-refractivity contribution in [3.63, 3.8) is 0 Å². The molecule has 0 fully saturated rings. The monoisotopic (exact) mass is 182 g/mol. The van der Waals surface area contributed by atoms with Crippen LogP contribution in [-0.4, -0.2) is 20.1 Å². The molecule has 0 atom stereocenters. The third-order valence-electron chi connectivity index (χ3n) is 2.03. The molecule has 0 aliphatic rings. The number of nitrogens with one attached hydrogen (secondary N) is 2. The van der Waals surface area contributed by atoms with Crippen molar-refractivity contribution in [1.29, 1.82) is 0 Å². The van der Waals surface area contributed by atoms with Crippen molar-refractivity contribution in [2.24, 2.45) is 0 Å². The van der Waals surface area contributed by atoms with Crippen molar-refractivity contribution in [3.05, 3.63) is 23.7 Å². The van der Waals surface area contributed by atoms with Crippen LogP contribution >= 0.6 is 0 Å². The van der Waals surface area contributed by atoms with Crippen LogP contribution < -0.4 is 10.6 Å². The highest BCUT2D eigenvalue weighted by atomic mass is 16.3. The SMILES string of the molecule is CNCCCNCc1occc1C. The molecule has 13 heavy (non-hydrogen) atoms. The Labute approximate surface area is 79.5 Å². The third-order valence-corrected chi connectivity index (χ3v) is 2.03. The summed E-state index contributed by atoms with van der Waals surface area (Å²) in [6, 6.07) is 1.99. The Kier molecular flexibility index (Phi) is 4.57. The topological polar surface area (TPSA) is 37.2 Å². The van der Waals surface area contributed by atoms with E-state index in [2.05, 4.69) is 17.6 Å². The van der Waals surface area contributed by atoms with Crippen LogP contribution in [0.4, 0.5) is 0 Å². The number of hydrogen-bond acceptors (Lipinski definition) is 3. The van der Waals surface area contributed by atoms with Gasteiger partial charge < -0.3 is 15.1 Å². The number of rotatable bonds is 6. The van der Waals surface area contributed by atoms with Gasteiger partial charge in [0.2, 0.25) is 0 Å². The van der Waals surface area contributed by atoms with E-state index < -0.39 is 0 Å². The second-order valence-corrected chi connectivity index (χ2v) is 3.16. The van der Waals surface area contributed by atoms with Crippen LogP contribution in [0.1, 0.15) is 17.7 Å². The van der Waals surface area contributed by atoms with Gasteiger partial charge in [-0.05, 0) is 45.1 Å². The van der Waals surface area contributed by atoms with E-state index in [1.165, 1.54) is 5.56 Å². The predicted octanol–water partition coefficient (Wildman–Crippen LogP) is 1.29. The number of aryl methyl sites for hydroxylation is 1. The number of hydrogen-bond donors (Lipinski definition) is 2. The lowest BCUT2D eigenvalue weighted by atomic mass is 10.3. The highest BCUT2D eigenvalue weighted by Crippen LogP contribution is 2.07. The van der Waals surface area contributed by atoms with E-state index in [1.54, 1.807) is 6.26 Å². The first-order chi connectivity index (χ1) is 6.34. The Hall–Kier alpha value is -0.800. The highest BCUT2D eigenvalue weighted by molar-refractivity contribution is 5.13. The van der Waals surface area contributed by atoms with Crippen LogP contribution in [-0.2, 0) is 6.54 Å². The lowest BCUT2D eigenvalue weighted by Crippen LogP contribution is -2.19. The maximum atomic E-state index is 5.29. The van der Waals surface area contributed by atoms with Crippen molar-refractivity contribution < 1.29 is 4.42 Å². The lowest BCUT2D eigenvalue weighted by molar-refractivity contribution is 0.477. The molecule has 1 aromatic rings. The molecule has 0 bridgehead atoms. The lowest BCUT2D eigenvalue weighted by Gasteiger charge is -2.02. The molecule has 0 saturated heterocycles. The summed E-state index contributed by atoms with van der Waals surface area (Å²) in [7, 11) is 1.97. The molecule has 0 spiro atoms. The summed E-state index contributed by atoms with van der Waals surface area (Å²) in [5, 5.41) is 6.44. The minimum atomic E-state index is 0.836. The zero-order valence-electron chi connectivity index (χ0n) is 8.39. The normalized spacial score (nSPS) is 10.6. The molecule has 74 valence electrons. The summed E-state index contributed by atoms with van der Waals surface area (Å²) in [6.45, 7) is 4.99. The molecule has 0 aromatic carbocycles. The fourth-order valence-corrected chi connectivity index (χ4v) is 1.18. The van der Waals surface area contributed by atoms with Crippen LogP contribution in [0, 0.1) is 6.92 Å². The van der Waals surface area contributed by atoms with Crippen molar-refractivity contribution in [2.45, 2.75) is 19.9 Å². The number of furan rings is 1. The van der Waals surface area contributed by atoms with E-state index in [4.69, 9.17) is 4.42 Å². The first-order valence-corrected chi connectivity index (χ1v) is 4.73. The Bertz CT molecular complexity index is 233. The molecule has 1 heterocycles. The quantitative estimate of drug-likeness (QED) is 0.651. The van der Waals surface area contributed by atoms with Gasteiger partial charge >= 0.3 is 0 Å². The van der Waals surface area contributed by atoms with Crippen LogP contribution in [0.3, 0.4) is 0 Å². The standard InChI is InChI=1S/C10H18N2O/c1-9-4-7-13-10(9)8-12-6-3-5-11-2/h4,7,11-12H,3,5-6,8H2,1-2H3. The maximum absolute atomic E-state index is 5.29. The molecular weight excluding hydrogens is 164 g/mol. The van der Waals surface area contributed by atoms with Gasteiger partial charge in [-0.3, -0.25) is 0 Å². The maximum Gasteiger partial charge on any atom is 0.120 e. The summed E-state index contributed by atoms with van der Waals surface area (Å²) in [6.07, 6.45) is 2.89. The van der Waals surface area contributed by atoms with Crippen molar-refractivity contribution in [1.82, 2.24) is 10.6 Å². The summed E-state index contributed by atoms with van der Waals surface area (Å²) < 4.78 is 5.29. The highest BCUT2D eigenvalue weighted by Gasteiger charge is 1.99. The molecule has 2 N–H and O–H groups in total. The van der Waals surface area contributed by atoms with Gasteiger partial charge in [0, 0.05) is 0 Å². The van der Waals surface area contributed by atoms with E-state index in [1.807, 2.05) is 13.1 Å². The molecule has 0 unspecified atom stereocenters. The minimum absolute atomic E-state index is 0.836. The van der Waals surface area contributed by atoms with E-state index >= 15 is 0 Å². The summed E-state index contributed by atoms with van der Waals surface area (Å²) in [5.74, 6) is 1.05. The van der Waals surface area contributed by atoms with Crippen molar-refractivity contribution in [2.75, 3.05) is 20.1 Å². The molecule has 0 saturated carbocycles. The Morgan fingerprint density at radius 2 is 2.23 bits per heavy atom. The third kappa shape index (κ3) is 3.61. The summed E-state index contributed by atoms with van der Waals surface area (Å²) >= 11 is 0. The second kappa shape index (κ2) is 5.78. The molecule has 1 aromatic heterocycles. The van der Waals surface area contributed by atoms with Crippen LogP contribution in [0.25, 0.3) is 0 Å². The van der Waals surface area contributed by atoms with Crippen LogP contribution in [0.2, 0.25) is 0 Å². The van der Waals surface area contributed by atoms with Crippen LogP contribution in [0.15, 0.2) is 16.7 Å². The summed E-state index contributed by atoms with van der Waals surface area (Å²) in [4.78, 5) is 0. The fourth-order valence-electron chi connectivity index (χ4n) is 1.18. The Morgan fingerprint density at radius 3 is 2.85 bits per heavy atom. The fraction of sp³-hybridized carbons (Fsp3) is 0.600. The van der Waals surface area contributed by atoms with Gasteiger partial charge in [0.05, 0.1) is 12.8 Å². The van der Waals surface area contributed by atoms with E-state index in [0.29, 0.717) is 0 Å². The molecule has 3 nitrogen and oxygen atoms in total. The second-order valence-electron chi connectivity index (χ2n) is 3.16. The smallest absolute Gasteiger partial charge is 0.120 e. The Morgan fingerprint density at radius 1 is 1.38 bits per heavy atom. The predicted molar refractivity (Wildman–Crippen MR) is 53.7 cm³/mol. The van der Waals surface area contributed by atoms with E-state index in [-0.39, 0.29) is 0 Å². The largest absolute Gasteiger partial charge is 0.468 e. The first-order valence-electron chi connectivity index (χ1n) is 4.73. The Balaban J connectivity index is 2.10. The van der Waals surface area contributed by atoms with Crippen LogP contribution in [0.5, 0.6) is 0 Å². The molecule has 0 radical (unpaired) electrons. The van der Waals surface area contributed by atoms with E-state index in [0.717, 1.165) is 31.8 Å². The van der Waals surface area contributed by atoms with E-state index in [9.17, 15) is 0 Å². The average Bonchev–Trinajstić information content (AvgIpc) is 2.52. The van der Waals surface area contributed by atoms with Gasteiger partial charge in [-0.25, -0.2) is 0 Å². The minimum Gasteiger partial charge on any atom is -0.468 e. The molecule has 3 heteroatoms. The molecule has 1 rings (SSSR count). The van der Waals surface area contributed by atoms with Crippen molar-refractivity contribution in [3.8, 4) is 0 Å². The van der Waals surface area contributed by atoms with Gasteiger partial charge in [-0.2, -0.15) is 0 Å². The average molecular weight is 182 g/mol. The van der Waals surface area contributed by atoms with Gasteiger partial charge in [0.25, 0.3) is 0 Å². The molecule has 0 aliphatic heterocycles. The van der Waals surface area contributed by atoms with Gasteiger partial charge in [-0.1, -0.05) is 0 Å². The van der Waals surface area contributed by atoms with Gasteiger partial charge in [0.1, 0.15) is 5.76 Å². The molecular formula is C10H18N2O. The molecule has 0 aliphatic carbocycles.